The van der Waals surface area contributed by atoms with Crippen LogP contribution in [0.3, 0.4) is 0 Å². The van der Waals surface area contributed by atoms with Crippen LogP contribution >= 0.6 is 0 Å². The monoisotopic (exact) mass is 266 g/mol. The molecule has 0 spiro atoms. The molecule has 0 amide bonds. The van der Waals surface area contributed by atoms with E-state index in [0.717, 1.165) is 24.8 Å². The summed E-state index contributed by atoms with van der Waals surface area (Å²) in [4.78, 5) is 12.2. The Labute approximate surface area is 114 Å². The number of carbonyl (C=O) groups is 1. The van der Waals surface area contributed by atoms with E-state index in [1.807, 2.05) is 12.2 Å². The smallest absolute Gasteiger partial charge is 0.346 e. The first-order valence-electron chi connectivity index (χ1n) is 6.80. The van der Waals surface area contributed by atoms with E-state index in [9.17, 15) is 4.79 Å². The Bertz CT molecular complexity index is 431. The number of carbonyl (C=O) groups excluding carboxylic acids is 1. The summed E-state index contributed by atoms with van der Waals surface area (Å²) in [6.07, 6.45) is 7.11. The summed E-state index contributed by atoms with van der Waals surface area (Å²) in [5.41, 5.74) is -0.260. The molecule has 0 aromatic rings. The number of ether oxygens (including phenoxy) is 3. The third-order valence-corrected chi connectivity index (χ3v) is 4.37. The summed E-state index contributed by atoms with van der Waals surface area (Å²) in [6, 6.07) is 0. The Balaban J connectivity index is 2.41. The highest BCUT2D eigenvalue weighted by molar-refractivity contribution is 5.84. The molecule has 0 N–H and O–H groups in total. The average Bonchev–Trinajstić information content (AvgIpc) is 2.85. The maximum absolute atomic E-state index is 12.2. The number of methoxy groups -OCH3 is 2. The highest BCUT2D eigenvalue weighted by atomic mass is 16.6. The predicted octanol–water partition coefficient (Wildman–Crippen LogP) is 2.74. The van der Waals surface area contributed by atoms with Crippen LogP contribution in [0.5, 0.6) is 0 Å². The van der Waals surface area contributed by atoms with Gasteiger partial charge >= 0.3 is 5.97 Å². The van der Waals surface area contributed by atoms with Crippen LogP contribution in [0.4, 0.5) is 0 Å². The van der Waals surface area contributed by atoms with Gasteiger partial charge in [0.05, 0.1) is 7.11 Å². The molecule has 2 rings (SSSR count). The van der Waals surface area contributed by atoms with E-state index >= 15 is 0 Å². The summed E-state index contributed by atoms with van der Waals surface area (Å²) in [7, 11) is 2.91. The Morgan fingerprint density at radius 2 is 2.05 bits per heavy atom. The van der Waals surface area contributed by atoms with Gasteiger partial charge in [0.25, 0.3) is 0 Å². The van der Waals surface area contributed by atoms with Gasteiger partial charge in [0, 0.05) is 20.0 Å². The van der Waals surface area contributed by atoms with Gasteiger partial charge < -0.3 is 14.2 Å². The zero-order valence-corrected chi connectivity index (χ0v) is 12.1. The lowest BCUT2D eigenvalue weighted by molar-refractivity contribution is -0.168. The van der Waals surface area contributed by atoms with Crippen LogP contribution in [0.25, 0.3) is 0 Å². The standard InChI is InChI=1S/C15H22O4/c1-5-14(6-2)10-11-8-7-9-15(18-4,12(11)19-14)13(16)17-3/h7-8H,5-6,9-10H2,1-4H3. The maximum Gasteiger partial charge on any atom is 0.346 e. The first-order valence-corrected chi connectivity index (χ1v) is 6.80. The molecule has 1 aliphatic heterocycles. The van der Waals surface area contributed by atoms with Crippen molar-refractivity contribution in [2.24, 2.45) is 0 Å². The van der Waals surface area contributed by atoms with E-state index in [0.29, 0.717) is 12.2 Å². The van der Waals surface area contributed by atoms with E-state index in [1.54, 1.807) is 0 Å². The lowest BCUT2D eigenvalue weighted by Gasteiger charge is -2.34. The highest BCUT2D eigenvalue weighted by Gasteiger charge is 2.53. The Hall–Kier alpha value is -1.29. The first kappa shape index (κ1) is 14.1. The van der Waals surface area contributed by atoms with Gasteiger partial charge in [-0.15, -0.1) is 0 Å². The minimum atomic E-state index is -1.11. The van der Waals surface area contributed by atoms with Crippen molar-refractivity contribution in [3.8, 4) is 0 Å². The van der Waals surface area contributed by atoms with Gasteiger partial charge in [-0.25, -0.2) is 4.79 Å². The number of esters is 1. The summed E-state index contributed by atoms with van der Waals surface area (Å²) in [5.74, 6) is 0.253. The minimum absolute atomic E-state index is 0.211. The van der Waals surface area contributed by atoms with Crippen molar-refractivity contribution in [3.63, 3.8) is 0 Å². The molecule has 4 heteroatoms. The minimum Gasteiger partial charge on any atom is -0.487 e. The molecule has 2 aliphatic rings. The number of allylic oxidation sites excluding steroid dienone is 1. The fraction of sp³-hybridized carbons (Fsp3) is 0.667. The van der Waals surface area contributed by atoms with Crippen molar-refractivity contribution in [3.05, 3.63) is 23.5 Å². The lowest BCUT2D eigenvalue weighted by atomic mass is 9.86. The molecule has 0 bridgehead atoms. The third-order valence-electron chi connectivity index (χ3n) is 4.37. The summed E-state index contributed by atoms with van der Waals surface area (Å²) in [6.45, 7) is 4.22. The molecule has 4 nitrogen and oxygen atoms in total. The van der Waals surface area contributed by atoms with Gasteiger partial charge in [-0.05, 0) is 18.4 Å². The van der Waals surface area contributed by atoms with Gasteiger partial charge in [-0.2, -0.15) is 0 Å². The van der Waals surface area contributed by atoms with E-state index < -0.39 is 11.6 Å². The van der Waals surface area contributed by atoms with Crippen molar-refractivity contribution < 1.29 is 19.0 Å². The van der Waals surface area contributed by atoms with Gasteiger partial charge in [-0.1, -0.05) is 26.0 Å². The zero-order chi connectivity index (χ0) is 14.1. The first-order chi connectivity index (χ1) is 9.07. The molecule has 0 saturated heterocycles. The van der Waals surface area contributed by atoms with Gasteiger partial charge in [0.1, 0.15) is 11.4 Å². The molecule has 0 aromatic heterocycles. The molecule has 0 radical (unpaired) electrons. The second-order valence-corrected chi connectivity index (χ2v) is 5.15. The van der Waals surface area contributed by atoms with E-state index in [2.05, 4.69) is 13.8 Å². The summed E-state index contributed by atoms with van der Waals surface area (Å²) in [5, 5.41) is 0. The summed E-state index contributed by atoms with van der Waals surface area (Å²) >= 11 is 0. The number of hydrogen-bond acceptors (Lipinski definition) is 4. The third kappa shape index (κ3) is 1.98. The van der Waals surface area contributed by atoms with Crippen LogP contribution < -0.4 is 0 Å². The fourth-order valence-electron chi connectivity index (χ4n) is 2.93. The Morgan fingerprint density at radius 3 is 2.58 bits per heavy atom. The summed E-state index contributed by atoms with van der Waals surface area (Å²) < 4.78 is 16.6. The Morgan fingerprint density at radius 1 is 1.37 bits per heavy atom. The second-order valence-electron chi connectivity index (χ2n) is 5.15. The molecule has 1 heterocycles. The van der Waals surface area contributed by atoms with Crippen LogP contribution in [0.1, 0.15) is 39.5 Å². The molecular formula is C15H22O4. The fourth-order valence-corrected chi connectivity index (χ4v) is 2.93. The van der Waals surface area contributed by atoms with Crippen molar-refractivity contribution in [2.75, 3.05) is 14.2 Å². The van der Waals surface area contributed by atoms with Crippen LogP contribution in [0, 0.1) is 0 Å². The largest absolute Gasteiger partial charge is 0.487 e. The molecular weight excluding hydrogens is 244 g/mol. The highest BCUT2D eigenvalue weighted by Crippen LogP contribution is 2.47. The molecule has 1 unspecified atom stereocenters. The van der Waals surface area contributed by atoms with Crippen molar-refractivity contribution in [1.29, 1.82) is 0 Å². The second kappa shape index (κ2) is 5.00. The molecule has 0 saturated carbocycles. The molecule has 1 aliphatic carbocycles. The van der Waals surface area contributed by atoms with Crippen molar-refractivity contribution >= 4 is 5.97 Å². The van der Waals surface area contributed by atoms with Gasteiger partial charge in [-0.3, -0.25) is 0 Å². The Kier molecular flexibility index (Phi) is 3.72. The molecule has 0 aromatic carbocycles. The van der Waals surface area contributed by atoms with E-state index in [4.69, 9.17) is 14.2 Å². The topological polar surface area (TPSA) is 44.8 Å². The lowest BCUT2D eigenvalue weighted by Crippen LogP contribution is -2.45. The van der Waals surface area contributed by atoms with Crippen LogP contribution in [-0.4, -0.2) is 31.4 Å². The van der Waals surface area contributed by atoms with Crippen LogP contribution in [-0.2, 0) is 19.0 Å². The number of rotatable bonds is 4. The normalized spacial score (nSPS) is 28.0. The van der Waals surface area contributed by atoms with E-state index in [-0.39, 0.29) is 5.60 Å². The van der Waals surface area contributed by atoms with Gasteiger partial charge in [0.2, 0.25) is 5.60 Å². The van der Waals surface area contributed by atoms with Gasteiger partial charge in [0.15, 0.2) is 0 Å². The quantitative estimate of drug-likeness (QED) is 0.734. The number of hydrogen-bond donors (Lipinski definition) is 0. The SMILES string of the molecule is CCC1(CC)CC2=C(O1)C(OC)(C(=O)OC)CC=C2. The molecule has 1 atom stereocenters. The van der Waals surface area contributed by atoms with Crippen LogP contribution in [0.15, 0.2) is 23.5 Å². The molecule has 0 fully saturated rings. The predicted molar refractivity (Wildman–Crippen MR) is 71.6 cm³/mol. The zero-order valence-electron chi connectivity index (χ0n) is 12.1. The molecule has 19 heavy (non-hydrogen) atoms. The average molecular weight is 266 g/mol. The van der Waals surface area contributed by atoms with Crippen LogP contribution in [0.2, 0.25) is 0 Å². The van der Waals surface area contributed by atoms with Crippen molar-refractivity contribution in [1.82, 2.24) is 0 Å². The maximum atomic E-state index is 12.2. The van der Waals surface area contributed by atoms with E-state index in [1.165, 1.54) is 14.2 Å². The van der Waals surface area contributed by atoms with Crippen molar-refractivity contribution in [2.45, 2.75) is 50.7 Å². The molecule has 106 valence electrons.